The van der Waals surface area contributed by atoms with Crippen LogP contribution in [0.25, 0.3) is 22.0 Å². The van der Waals surface area contributed by atoms with Crippen LogP contribution in [-0.2, 0) is 0 Å². The highest BCUT2D eigenvalue weighted by Gasteiger charge is 2.12. The van der Waals surface area contributed by atoms with Crippen LogP contribution in [0, 0.1) is 0 Å². The number of fused-ring (bicyclic) bond motifs is 1. The summed E-state index contributed by atoms with van der Waals surface area (Å²) in [7, 11) is 1.66. The molecule has 0 spiro atoms. The minimum atomic E-state index is 0.790. The average molecular weight is 225 g/mol. The lowest BCUT2D eigenvalue weighted by Crippen LogP contribution is -1.90. The van der Waals surface area contributed by atoms with Gasteiger partial charge in [-0.05, 0) is 16.8 Å². The van der Waals surface area contributed by atoms with Gasteiger partial charge in [0.2, 0.25) is 0 Å². The van der Waals surface area contributed by atoms with Crippen molar-refractivity contribution < 1.29 is 4.74 Å². The van der Waals surface area contributed by atoms with Crippen molar-refractivity contribution in [1.29, 1.82) is 0 Å². The Labute approximate surface area is 98.2 Å². The number of aromatic nitrogens is 3. The Bertz CT molecular complexity index is 647. The van der Waals surface area contributed by atoms with Crippen molar-refractivity contribution in [2.75, 3.05) is 7.11 Å². The molecule has 84 valence electrons. The predicted molar refractivity (Wildman–Crippen MR) is 65.9 cm³/mol. The molecule has 0 fully saturated rings. The third kappa shape index (κ3) is 1.54. The molecule has 0 bridgehead atoms. The molecule has 4 heteroatoms. The number of methoxy groups -OCH3 is 1. The number of rotatable bonds is 2. The molecule has 4 nitrogen and oxygen atoms in total. The Hall–Kier alpha value is -2.36. The van der Waals surface area contributed by atoms with Gasteiger partial charge in [0.15, 0.2) is 0 Å². The van der Waals surface area contributed by atoms with Crippen LogP contribution in [0.3, 0.4) is 0 Å². The molecule has 0 atom stereocenters. The minimum Gasteiger partial charge on any atom is -0.496 e. The minimum absolute atomic E-state index is 0.790. The van der Waals surface area contributed by atoms with E-state index in [4.69, 9.17) is 4.74 Å². The lowest BCUT2D eigenvalue weighted by atomic mass is 10.0. The van der Waals surface area contributed by atoms with Crippen molar-refractivity contribution in [3.05, 3.63) is 42.6 Å². The summed E-state index contributed by atoms with van der Waals surface area (Å²) in [5, 5.41) is 12.9. The van der Waals surface area contributed by atoms with Crippen LogP contribution in [0.1, 0.15) is 0 Å². The number of hydrogen-bond donors (Lipinski definition) is 1. The fourth-order valence-electron chi connectivity index (χ4n) is 2.01. The Morgan fingerprint density at radius 1 is 1.12 bits per heavy atom. The first kappa shape index (κ1) is 9.84. The van der Waals surface area contributed by atoms with Crippen molar-refractivity contribution in [1.82, 2.24) is 15.4 Å². The molecule has 0 aliphatic heterocycles. The van der Waals surface area contributed by atoms with Crippen molar-refractivity contribution in [3.8, 4) is 17.0 Å². The molecule has 0 amide bonds. The van der Waals surface area contributed by atoms with E-state index < -0.39 is 0 Å². The molecule has 0 saturated carbocycles. The standard InChI is InChI=1S/C13H11N3O/c1-17-12-7-6-9-4-2-3-5-10(9)13(12)11-8-14-16-15-11/h2-8H,1H3,(H,14,15,16). The second-order valence-electron chi connectivity index (χ2n) is 3.72. The lowest BCUT2D eigenvalue weighted by molar-refractivity contribution is 0.417. The summed E-state index contributed by atoms with van der Waals surface area (Å²) in [4.78, 5) is 0. The fourth-order valence-corrected chi connectivity index (χ4v) is 2.01. The first-order valence-corrected chi connectivity index (χ1v) is 5.32. The van der Waals surface area contributed by atoms with E-state index in [1.807, 2.05) is 24.3 Å². The fraction of sp³-hybridized carbons (Fsp3) is 0.0769. The zero-order valence-electron chi connectivity index (χ0n) is 9.34. The van der Waals surface area contributed by atoms with Crippen molar-refractivity contribution in [2.24, 2.45) is 0 Å². The number of hydrogen-bond acceptors (Lipinski definition) is 3. The molecular weight excluding hydrogens is 214 g/mol. The molecule has 1 heterocycles. The van der Waals surface area contributed by atoms with E-state index in [0.29, 0.717) is 0 Å². The molecule has 0 saturated heterocycles. The van der Waals surface area contributed by atoms with Crippen molar-refractivity contribution in [3.63, 3.8) is 0 Å². The van der Waals surface area contributed by atoms with Crippen molar-refractivity contribution in [2.45, 2.75) is 0 Å². The van der Waals surface area contributed by atoms with Gasteiger partial charge < -0.3 is 4.74 Å². The van der Waals surface area contributed by atoms with Gasteiger partial charge in [0.1, 0.15) is 11.4 Å². The second-order valence-corrected chi connectivity index (χ2v) is 3.72. The highest BCUT2D eigenvalue weighted by Crippen LogP contribution is 2.35. The van der Waals surface area contributed by atoms with Gasteiger partial charge in [0.05, 0.1) is 18.9 Å². The number of H-pyrrole nitrogens is 1. The second kappa shape index (κ2) is 3.90. The molecule has 1 N–H and O–H groups in total. The third-order valence-electron chi connectivity index (χ3n) is 2.78. The number of ether oxygens (including phenoxy) is 1. The first-order valence-electron chi connectivity index (χ1n) is 5.32. The van der Waals surface area contributed by atoms with Crippen molar-refractivity contribution >= 4 is 10.8 Å². The summed E-state index contributed by atoms with van der Waals surface area (Å²) in [6.45, 7) is 0. The quantitative estimate of drug-likeness (QED) is 0.729. The molecular formula is C13H11N3O. The lowest BCUT2D eigenvalue weighted by Gasteiger charge is -2.09. The van der Waals surface area contributed by atoms with Gasteiger partial charge in [0, 0.05) is 0 Å². The number of aromatic amines is 1. The van der Waals surface area contributed by atoms with Gasteiger partial charge in [-0.2, -0.15) is 15.4 Å². The highest BCUT2D eigenvalue weighted by molar-refractivity contribution is 5.98. The zero-order valence-corrected chi connectivity index (χ0v) is 9.34. The van der Waals surface area contributed by atoms with Gasteiger partial charge in [-0.1, -0.05) is 30.3 Å². The predicted octanol–water partition coefficient (Wildman–Crippen LogP) is 2.63. The SMILES string of the molecule is COc1ccc2ccccc2c1-c1cn[nH]n1. The topological polar surface area (TPSA) is 50.8 Å². The van der Waals surface area contributed by atoms with Crippen LogP contribution >= 0.6 is 0 Å². The number of benzene rings is 2. The summed E-state index contributed by atoms with van der Waals surface area (Å²) in [5.41, 5.74) is 1.76. The molecule has 2 aromatic carbocycles. The highest BCUT2D eigenvalue weighted by atomic mass is 16.5. The zero-order chi connectivity index (χ0) is 11.7. The molecule has 0 radical (unpaired) electrons. The smallest absolute Gasteiger partial charge is 0.129 e. The summed E-state index contributed by atoms with van der Waals surface area (Å²) in [6.07, 6.45) is 1.70. The van der Waals surface area contributed by atoms with Crippen LogP contribution in [0.15, 0.2) is 42.6 Å². The molecule has 0 aliphatic rings. The Kier molecular flexibility index (Phi) is 2.26. The Morgan fingerprint density at radius 2 is 2.00 bits per heavy atom. The van der Waals surface area contributed by atoms with Gasteiger partial charge in [-0.3, -0.25) is 0 Å². The van der Waals surface area contributed by atoms with E-state index in [-0.39, 0.29) is 0 Å². The molecule has 3 rings (SSSR count). The summed E-state index contributed by atoms with van der Waals surface area (Å²) >= 11 is 0. The van der Waals surface area contributed by atoms with Crippen LogP contribution in [-0.4, -0.2) is 22.5 Å². The summed E-state index contributed by atoms with van der Waals surface area (Å²) < 4.78 is 5.40. The Morgan fingerprint density at radius 3 is 2.76 bits per heavy atom. The molecule has 0 unspecified atom stereocenters. The van der Waals surface area contributed by atoms with Gasteiger partial charge in [-0.15, -0.1) is 0 Å². The van der Waals surface area contributed by atoms with Crippen LogP contribution in [0.4, 0.5) is 0 Å². The summed E-state index contributed by atoms with van der Waals surface area (Å²) in [6, 6.07) is 12.1. The van der Waals surface area contributed by atoms with E-state index in [1.165, 1.54) is 0 Å². The number of nitrogens with zero attached hydrogens (tertiary/aromatic N) is 2. The maximum absolute atomic E-state index is 5.40. The van der Waals surface area contributed by atoms with E-state index >= 15 is 0 Å². The largest absolute Gasteiger partial charge is 0.496 e. The van der Waals surface area contributed by atoms with Gasteiger partial charge >= 0.3 is 0 Å². The van der Waals surface area contributed by atoms with E-state index in [1.54, 1.807) is 13.3 Å². The summed E-state index contributed by atoms with van der Waals surface area (Å²) in [5.74, 6) is 0.803. The first-order chi connectivity index (χ1) is 8.40. The van der Waals surface area contributed by atoms with E-state index in [9.17, 15) is 0 Å². The maximum Gasteiger partial charge on any atom is 0.129 e. The average Bonchev–Trinajstić information content (AvgIpc) is 2.91. The van der Waals surface area contributed by atoms with Crippen LogP contribution in [0.5, 0.6) is 5.75 Å². The van der Waals surface area contributed by atoms with Crippen LogP contribution < -0.4 is 4.74 Å². The number of nitrogens with one attached hydrogen (secondary N) is 1. The molecule has 17 heavy (non-hydrogen) atoms. The van der Waals surface area contributed by atoms with Crippen LogP contribution in [0.2, 0.25) is 0 Å². The molecule has 3 aromatic rings. The molecule has 1 aromatic heterocycles. The van der Waals surface area contributed by atoms with E-state index in [0.717, 1.165) is 27.8 Å². The van der Waals surface area contributed by atoms with E-state index in [2.05, 4.69) is 27.5 Å². The van der Waals surface area contributed by atoms with Gasteiger partial charge in [0.25, 0.3) is 0 Å². The normalized spacial score (nSPS) is 10.6. The Balaban J connectivity index is 2.39. The maximum atomic E-state index is 5.40. The monoisotopic (exact) mass is 225 g/mol. The molecule has 0 aliphatic carbocycles. The third-order valence-corrected chi connectivity index (χ3v) is 2.78. The van der Waals surface area contributed by atoms with Gasteiger partial charge in [-0.25, -0.2) is 0 Å².